The van der Waals surface area contributed by atoms with Crippen LogP contribution in [0.1, 0.15) is 44.9 Å². The van der Waals surface area contributed by atoms with Crippen LogP contribution in [0.4, 0.5) is 13.2 Å². The van der Waals surface area contributed by atoms with E-state index in [4.69, 9.17) is 0 Å². The predicted octanol–water partition coefficient (Wildman–Crippen LogP) is 2.03. The number of hydrazone groups is 1. The Kier molecular flexibility index (Phi) is 6.09. The molecule has 0 aromatic heterocycles. The van der Waals surface area contributed by atoms with E-state index in [-0.39, 0.29) is 43.1 Å². The fourth-order valence-corrected chi connectivity index (χ4v) is 5.36. The molecule has 2 fully saturated rings. The first-order valence-electron chi connectivity index (χ1n) is 11.5. The summed E-state index contributed by atoms with van der Waals surface area (Å²) in [7, 11) is 0. The van der Waals surface area contributed by atoms with E-state index < -0.39 is 48.0 Å². The molecule has 1 amide bonds. The monoisotopic (exact) mass is 464 g/mol. The maximum atomic E-state index is 14.5. The van der Waals surface area contributed by atoms with Gasteiger partial charge in [-0.15, -0.1) is 0 Å². The van der Waals surface area contributed by atoms with E-state index >= 15 is 0 Å². The van der Waals surface area contributed by atoms with Crippen LogP contribution in [0.3, 0.4) is 0 Å². The van der Waals surface area contributed by atoms with Gasteiger partial charge in [-0.05, 0) is 24.5 Å². The number of nitrogens with one attached hydrogen (secondary N) is 2. The average molecular weight is 464 g/mol. The quantitative estimate of drug-likeness (QED) is 0.593. The molecule has 2 aliphatic carbocycles. The summed E-state index contributed by atoms with van der Waals surface area (Å²) >= 11 is 0. The summed E-state index contributed by atoms with van der Waals surface area (Å²) in [5.41, 5.74) is 2.97. The smallest absolute Gasteiger partial charge is 0.271 e. The fraction of sp³-hybridized carbons (Fsp3) is 0.636. The SMILES string of the molecule is O=C(C1=NNC2=NC=NC(N[C@@H]3CCCC[C@H]3O)C21)N1C[C@@H](F)C[C@@H]1C1=C(F)CC=C(F)C1. The molecule has 11 heteroatoms. The van der Waals surface area contributed by atoms with Crippen LogP contribution in [0.2, 0.25) is 0 Å². The van der Waals surface area contributed by atoms with Crippen molar-refractivity contribution in [1.82, 2.24) is 15.6 Å². The first kappa shape index (κ1) is 22.3. The van der Waals surface area contributed by atoms with Crippen LogP contribution >= 0.6 is 0 Å². The van der Waals surface area contributed by atoms with Crippen LogP contribution in [0, 0.1) is 5.92 Å². The highest BCUT2D eigenvalue weighted by atomic mass is 19.1. The normalized spacial score (nSPS) is 36.2. The Bertz CT molecular complexity index is 977. The Labute approximate surface area is 189 Å². The minimum Gasteiger partial charge on any atom is -0.392 e. The van der Waals surface area contributed by atoms with Crippen LogP contribution < -0.4 is 10.7 Å². The van der Waals surface area contributed by atoms with E-state index in [2.05, 4.69) is 25.8 Å². The van der Waals surface area contributed by atoms with Gasteiger partial charge in [-0.3, -0.25) is 20.5 Å². The summed E-state index contributed by atoms with van der Waals surface area (Å²) in [6.07, 6.45) is 2.98. The molecule has 1 saturated heterocycles. The zero-order chi connectivity index (χ0) is 23.1. The average Bonchev–Trinajstić information content (AvgIpc) is 3.41. The van der Waals surface area contributed by atoms with Gasteiger partial charge in [0.15, 0.2) is 0 Å². The molecule has 0 aromatic rings. The molecule has 2 unspecified atom stereocenters. The highest BCUT2D eigenvalue weighted by Crippen LogP contribution is 2.37. The second-order valence-electron chi connectivity index (χ2n) is 9.20. The molecular weight excluding hydrogens is 437 g/mol. The Morgan fingerprint density at radius 2 is 2.09 bits per heavy atom. The number of rotatable bonds is 4. The van der Waals surface area contributed by atoms with Crippen LogP contribution in [-0.4, -0.2) is 70.9 Å². The number of carbonyl (C=O) groups is 1. The van der Waals surface area contributed by atoms with Gasteiger partial charge in [-0.25, -0.2) is 18.2 Å². The van der Waals surface area contributed by atoms with Gasteiger partial charge in [0.05, 0.1) is 18.7 Å². The number of aliphatic hydroxyl groups is 1. The number of likely N-dealkylation sites (tertiary alicyclic amines) is 1. The van der Waals surface area contributed by atoms with Crippen molar-refractivity contribution >= 4 is 23.8 Å². The Balaban J connectivity index is 1.37. The van der Waals surface area contributed by atoms with E-state index in [0.717, 1.165) is 25.3 Å². The van der Waals surface area contributed by atoms with Gasteiger partial charge in [0.25, 0.3) is 5.91 Å². The number of allylic oxidation sites excluding steroid dienone is 3. The molecule has 3 N–H and O–H groups in total. The summed E-state index contributed by atoms with van der Waals surface area (Å²) in [6, 6.07) is -1.04. The van der Waals surface area contributed by atoms with Gasteiger partial charge in [0.2, 0.25) is 0 Å². The highest BCUT2D eigenvalue weighted by molar-refractivity contribution is 6.45. The number of fused-ring (bicyclic) bond motifs is 1. The number of hydrogen-bond donors (Lipinski definition) is 3. The largest absolute Gasteiger partial charge is 0.392 e. The van der Waals surface area contributed by atoms with Crippen molar-refractivity contribution in [1.29, 1.82) is 0 Å². The molecule has 0 bridgehead atoms. The van der Waals surface area contributed by atoms with Crippen molar-refractivity contribution in [2.45, 2.75) is 75.5 Å². The van der Waals surface area contributed by atoms with Gasteiger partial charge in [0, 0.05) is 25.3 Å². The number of amidine groups is 1. The summed E-state index contributed by atoms with van der Waals surface area (Å²) in [6.45, 7) is -0.216. The van der Waals surface area contributed by atoms with Crippen molar-refractivity contribution in [2.75, 3.05) is 6.54 Å². The number of carbonyl (C=O) groups excluding carboxylic acids is 1. The predicted molar refractivity (Wildman–Crippen MR) is 117 cm³/mol. The number of hydrogen-bond acceptors (Lipinski definition) is 7. The van der Waals surface area contributed by atoms with Gasteiger partial charge in [-0.2, -0.15) is 5.10 Å². The van der Waals surface area contributed by atoms with Gasteiger partial charge in [0.1, 0.15) is 47.8 Å². The molecule has 5 aliphatic rings. The van der Waals surface area contributed by atoms with Crippen LogP contribution in [0.15, 0.2) is 38.4 Å². The zero-order valence-electron chi connectivity index (χ0n) is 18.1. The van der Waals surface area contributed by atoms with E-state index in [9.17, 15) is 23.1 Å². The summed E-state index contributed by atoms with van der Waals surface area (Å²) in [5.74, 6) is -1.76. The topological polar surface area (TPSA) is 102 Å². The number of halogens is 3. The molecule has 33 heavy (non-hydrogen) atoms. The lowest BCUT2D eigenvalue weighted by molar-refractivity contribution is -0.124. The van der Waals surface area contributed by atoms with Crippen molar-refractivity contribution in [3.05, 3.63) is 23.3 Å². The molecule has 3 aliphatic heterocycles. The van der Waals surface area contributed by atoms with Crippen LogP contribution in [0.25, 0.3) is 0 Å². The third-order valence-corrected chi connectivity index (χ3v) is 7.08. The molecule has 178 valence electrons. The van der Waals surface area contributed by atoms with E-state index in [1.165, 1.54) is 11.2 Å². The zero-order valence-corrected chi connectivity index (χ0v) is 18.1. The molecule has 8 nitrogen and oxygen atoms in total. The Hall–Kier alpha value is -2.53. The van der Waals surface area contributed by atoms with Crippen molar-refractivity contribution in [2.24, 2.45) is 21.0 Å². The number of aliphatic hydroxyl groups excluding tert-OH is 1. The van der Waals surface area contributed by atoms with Gasteiger partial charge < -0.3 is 10.0 Å². The van der Waals surface area contributed by atoms with Gasteiger partial charge in [-0.1, -0.05) is 12.8 Å². The first-order chi connectivity index (χ1) is 15.9. The summed E-state index contributed by atoms with van der Waals surface area (Å²) < 4.78 is 42.8. The molecule has 1 saturated carbocycles. The maximum absolute atomic E-state index is 14.5. The second-order valence-corrected chi connectivity index (χ2v) is 9.20. The molecule has 0 radical (unpaired) electrons. The third-order valence-electron chi connectivity index (χ3n) is 7.08. The lowest BCUT2D eigenvalue weighted by Crippen LogP contribution is -2.55. The number of alkyl halides is 1. The van der Waals surface area contributed by atoms with Crippen molar-refractivity contribution in [3.8, 4) is 0 Å². The van der Waals surface area contributed by atoms with Gasteiger partial charge >= 0.3 is 0 Å². The van der Waals surface area contributed by atoms with E-state index in [0.29, 0.717) is 12.3 Å². The lowest BCUT2D eigenvalue weighted by Gasteiger charge is -2.34. The molecule has 3 heterocycles. The third kappa shape index (κ3) is 4.23. The van der Waals surface area contributed by atoms with E-state index in [1.807, 2.05) is 0 Å². The van der Waals surface area contributed by atoms with Crippen molar-refractivity contribution < 1.29 is 23.1 Å². The van der Waals surface area contributed by atoms with Crippen molar-refractivity contribution in [3.63, 3.8) is 0 Å². The summed E-state index contributed by atoms with van der Waals surface area (Å²) in [4.78, 5) is 23.4. The second kappa shape index (κ2) is 9.02. The maximum Gasteiger partial charge on any atom is 0.271 e. The molecule has 6 atom stereocenters. The fourth-order valence-electron chi connectivity index (χ4n) is 5.36. The molecule has 0 aromatic carbocycles. The Morgan fingerprint density at radius 1 is 1.27 bits per heavy atom. The first-order valence-corrected chi connectivity index (χ1v) is 11.5. The Morgan fingerprint density at radius 3 is 2.91 bits per heavy atom. The minimum atomic E-state index is -1.34. The van der Waals surface area contributed by atoms with Crippen LogP contribution in [-0.2, 0) is 4.79 Å². The van der Waals surface area contributed by atoms with E-state index in [1.54, 1.807) is 0 Å². The molecule has 0 spiro atoms. The standard InChI is InChI=1S/C22H27F3N6O2/c23-11-5-6-14(25)13(7-11)16-8-12(24)9-31(16)22(33)19-18-20(26-10-27-21(18)30-29-19)28-15-3-1-2-4-17(15)32/h5,10,12,15-18,20,28,32H,1-4,6-9H2,(H,26,27,30)/t12-,15+,16+,17+,18?,20?/m0/s1. The number of amides is 1. The molecular formula is C22H27F3N6O2. The molecule has 5 rings (SSSR count). The highest BCUT2D eigenvalue weighted by Gasteiger charge is 2.47. The minimum absolute atomic E-state index is 0.0812. The lowest BCUT2D eigenvalue weighted by atomic mass is 9.90. The number of nitrogens with zero attached hydrogens (tertiary/aromatic N) is 4. The number of aliphatic imine (C=N–C) groups is 2. The van der Waals surface area contributed by atoms with Crippen LogP contribution in [0.5, 0.6) is 0 Å². The summed E-state index contributed by atoms with van der Waals surface area (Å²) in [5, 5.41) is 17.9.